The van der Waals surface area contributed by atoms with Gasteiger partial charge in [-0.05, 0) is 30.8 Å². The maximum Gasteiger partial charge on any atom is 0.329 e. The monoisotopic (exact) mass is 290 g/mol. The average molecular weight is 291 g/mol. The largest absolute Gasteiger partial charge is 0.329 e. The Morgan fingerprint density at radius 2 is 2.00 bits per heavy atom. The summed E-state index contributed by atoms with van der Waals surface area (Å²) < 4.78 is 1.25. The summed E-state index contributed by atoms with van der Waals surface area (Å²) in [7, 11) is 0. The van der Waals surface area contributed by atoms with Crippen LogP contribution in [0.3, 0.4) is 0 Å². The second kappa shape index (κ2) is 7.04. The normalized spacial score (nSPS) is 11.2. The number of hydrogen-bond acceptors (Lipinski definition) is 3. The highest BCUT2D eigenvalue weighted by Crippen LogP contribution is 2.16. The highest BCUT2D eigenvalue weighted by atomic mass is 35.5. The van der Waals surface area contributed by atoms with Crippen LogP contribution >= 0.6 is 23.4 Å². The van der Waals surface area contributed by atoms with Gasteiger partial charge >= 0.3 is 5.69 Å². The van der Waals surface area contributed by atoms with Crippen LogP contribution in [0.15, 0.2) is 9.59 Å². The van der Waals surface area contributed by atoms with Gasteiger partial charge in [0.05, 0.1) is 5.56 Å². The molecule has 0 bridgehead atoms. The van der Waals surface area contributed by atoms with E-state index in [1.807, 2.05) is 20.1 Å². The van der Waals surface area contributed by atoms with Crippen molar-refractivity contribution in [2.24, 2.45) is 0 Å². The number of nitrogens with zero attached hydrogens (tertiary/aromatic N) is 1. The van der Waals surface area contributed by atoms with E-state index in [9.17, 15) is 9.59 Å². The Balaban J connectivity index is 3.01. The van der Waals surface area contributed by atoms with E-state index < -0.39 is 5.69 Å². The Bertz CT molecular complexity index is 508. The molecule has 4 nitrogen and oxygen atoms in total. The first-order valence-electron chi connectivity index (χ1n) is 6.00. The van der Waals surface area contributed by atoms with Crippen molar-refractivity contribution < 1.29 is 0 Å². The summed E-state index contributed by atoms with van der Waals surface area (Å²) in [6.07, 6.45) is 3.85. The van der Waals surface area contributed by atoms with E-state index in [0.29, 0.717) is 12.1 Å². The lowest BCUT2D eigenvalue weighted by atomic mass is 10.1. The van der Waals surface area contributed by atoms with Crippen molar-refractivity contribution >= 4 is 23.4 Å². The van der Waals surface area contributed by atoms with Gasteiger partial charge in [-0.3, -0.25) is 14.3 Å². The van der Waals surface area contributed by atoms with Crippen LogP contribution in [0.4, 0.5) is 0 Å². The fraction of sp³-hybridized carbons (Fsp3) is 0.667. The lowest BCUT2D eigenvalue weighted by molar-refractivity contribution is 0.575. The predicted molar refractivity (Wildman–Crippen MR) is 78.0 cm³/mol. The molecule has 0 radical (unpaired) electrons. The van der Waals surface area contributed by atoms with E-state index in [1.165, 1.54) is 4.57 Å². The van der Waals surface area contributed by atoms with Crippen LogP contribution in [0, 0.1) is 0 Å². The molecular weight excluding hydrogens is 272 g/mol. The molecule has 0 spiro atoms. The molecule has 1 aromatic heterocycles. The summed E-state index contributed by atoms with van der Waals surface area (Å²) in [4.78, 5) is 26.4. The van der Waals surface area contributed by atoms with Crippen molar-refractivity contribution in [3.8, 4) is 0 Å². The number of hydrogen-bond donors (Lipinski definition) is 1. The molecule has 0 unspecified atom stereocenters. The van der Waals surface area contributed by atoms with Gasteiger partial charge in [0.25, 0.3) is 5.56 Å². The molecule has 1 aromatic rings. The molecule has 0 aliphatic rings. The van der Waals surface area contributed by atoms with Gasteiger partial charge in [-0.2, -0.15) is 11.8 Å². The van der Waals surface area contributed by atoms with Gasteiger partial charge in [-0.25, -0.2) is 4.79 Å². The molecule has 102 valence electrons. The molecule has 0 aliphatic heterocycles. The first-order chi connectivity index (χ1) is 8.49. The Labute approximate surface area is 116 Å². The number of nitrogens with one attached hydrogen (secondary N) is 1. The van der Waals surface area contributed by atoms with Gasteiger partial charge in [0.15, 0.2) is 0 Å². The number of unbranched alkanes of at least 4 members (excludes halogenated alkanes) is 1. The van der Waals surface area contributed by atoms with Crippen molar-refractivity contribution in [2.45, 2.75) is 39.2 Å². The van der Waals surface area contributed by atoms with E-state index in [-0.39, 0.29) is 16.6 Å². The molecule has 0 aliphatic carbocycles. The minimum absolute atomic E-state index is 0.000651. The fourth-order valence-electron chi connectivity index (χ4n) is 1.78. The quantitative estimate of drug-likeness (QED) is 0.647. The summed E-state index contributed by atoms with van der Waals surface area (Å²) in [6.45, 7) is 4.23. The van der Waals surface area contributed by atoms with Gasteiger partial charge < -0.3 is 0 Å². The van der Waals surface area contributed by atoms with E-state index in [1.54, 1.807) is 11.8 Å². The first kappa shape index (κ1) is 15.4. The second-order valence-electron chi connectivity index (χ2n) is 4.47. The molecule has 0 amide bonds. The van der Waals surface area contributed by atoms with Crippen LogP contribution in [-0.2, 0) is 6.54 Å². The Morgan fingerprint density at radius 1 is 1.33 bits per heavy atom. The molecule has 18 heavy (non-hydrogen) atoms. The van der Waals surface area contributed by atoms with Gasteiger partial charge in [-0.15, -0.1) is 0 Å². The number of rotatable bonds is 6. The third-order valence-corrected chi connectivity index (χ3v) is 3.73. The summed E-state index contributed by atoms with van der Waals surface area (Å²) in [6, 6.07) is 0. The topological polar surface area (TPSA) is 54.9 Å². The zero-order chi connectivity index (χ0) is 13.7. The Morgan fingerprint density at radius 3 is 2.56 bits per heavy atom. The molecule has 0 saturated carbocycles. The molecule has 0 atom stereocenters. The van der Waals surface area contributed by atoms with Crippen molar-refractivity contribution in [1.29, 1.82) is 0 Å². The van der Waals surface area contributed by atoms with Gasteiger partial charge in [0.2, 0.25) is 0 Å². The van der Waals surface area contributed by atoms with E-state index >= 15 is 0 Å². The van der Waals surface area contributed by atoms with E-state index in [2.05, 4.69) is 4.98 Å². The van der Waals surface area contributed by atoms with Gasteiger partial charge in [0, 0.05) is 6.54 Å². The maximum atomic E-state index is 12.2. The third kappa shape index (κ3) is 3.65. The minimum atomic E-state index is -0.418. The van der Waals surface area contributed by atoms with Gasteiger partial charge in [-0.1, -0.05) is 25.4 Å². The van der Waals surface area contributed by atoms with E-state index in [0.717, 1.165) is 18.6 Å². The summed E-state index contributed by atoms with van der Waals surface area (Å²) >= 11 is 7.67. The lowest BCUT2D eigenvalue weighted by Gasteiger charge is -2.11. The Hall–Kier alpha value is -0.680. The minimum Gasteiger partial charge on any atom is -0.297 e. The molecule has 0 aromatic carbocycles. The molecular formula is C12H19ClN2O2S. The van der Waals surface area contributed by atoms with Crippen molar-refractivity contribution in [2.75, 3.05) is 12.0 Å². The molecule has 1 rings (SSSR count). The Kier molecular flexibility index (Phi) is 6.02. The molecule has 0 saturated heterocycles. The summed E-state index contributed by atoms with van der Waals surface area (Å²) in [5.74, 6) is 1.04. The van der Waals surface area contributed by atoms with Crippen LogP contribution in [0.1, 0.15) is 38.2 Å². The van der Waals surface area contributed by atoms with Crippen LogP contribution < -0.4 is 11.2 Å². The summed E-state index contributed by atoms with van der Waals surface area (Å²) in [5.41, 5.74) is -0.192. The molecule has 1 heterocycles. The summed E-state index contributed by atoms with van der Waals surface area (Å²) in [5, 5.41) is 0.167. The van der Waals surface area contributed by atoms with Crippen molar-refractivity contribution in [3.63, 3.8) is 0 Å². The molecule has 1 N–H and O–H groups in total. The third-order valence-electron chi connectivity index (χ3n) is 2.73. The molecule has 6 heteroatoms. The lowest BCUT2D eigenvalue weighted by Crippen LogP contribution is -2.37. The number of halogens is 1. The number of aromatic amines is 1. The zero-order valence-electron chi connectivity index (χ0n) is 11.0. The van der Waals surface area contributed by atoms with Crippen LogP contribution in [-0.4, -0.2) is 21.6 Å². The molecule has 0 fully saturated rings. The van der Waals surface area contributed by atoms with Crippen LogP contribution in [0.2, 0.25) is 5.15 Å². The van der Waals surface area contributed by atoms with Crippen LogP contribution in [0.25, 0.3) is 0 Å². The highest BCUT2D eigenvalue weighted by molar-refractivity contribution is 7.98. The number of thioether (sulfide) groups is 1. The standard InChI is InChI=1S/C12H19ClN2O2S/c1-8(2)9-10(13)14-12(17)15(11(9)16)6-4-5-7-18-3/h8H,4-7H2,1-3H3,(H,14,17). The fourth-order valence-corrected chi connectivity index (χ4v) is 2.65. The predicted octanol–water partition coefficient (Wildman–Crippen LogP) is 2.46. The SMILES string of the molecule is CSCCCCn1c(=O)[nH]c(Cl)c(C(C)C)c1=O. The maximum absolute atomic E-state index is 12.2. The second-order valence-corrected chi connectivity index (χ2v) is 5.83. The first-order valence-corrected chi connectivity index (χ1v) is 7.77. The van der Waals surface area contributed by atoms with E-state index in [4.69, 9.17) is 11.6 Å². The van der Waals surface area contributed by atoms with Crippen molar-refractivity contribution in [1.82, 2.24) is 9.55 Å². The van der Waals surface area contributed by atoms with Crippen LogP contribution in [0.5, 0.6) is 0 Å². The number of aromatic nitrogens is 2. The average Bonchev–Trinajstić information content (AvgIpc) is 2.26. The highest BCUT2D eigenvalue weighted by Gasteiger charge is 2.15. The zero-order valence-corrected chi connectivity index (χ0v) is 12.5. The van der Waals surface area contributed by atoms with Crippen molar-refractivity contribution in [3.05, 3.63) is 31.6 Å². The van der Waals surface area contributed by atoms with Gasteiger partial charge in [0.1, 0.15) is 5.15 Å². The number of H-pyrrole nitrogens is 1. The smallest absolute Gasteiger partial charge is 0.297 e.